The van der Waals surface area contributed by atoms with Crippen LogP contribution < -0.4 is 5.32 Å². The van der Waals surface area contributed by atoms with Crippen LogP contribution in [-0.2, 0) is 7.05 Å². The van der Waals surface area contributed by atoms with Crippen molar-refractivity contribution in [3.63, 3.8) is 0 Å². The minimum atomic E-state index is 0.337. The highest BCUT2D eigenvalue weighted by Crippen LogP contribution is 2.22. The van der Waals surface area contributed by atoms with Crippen molar-refractivity contribution < 1.29 is 0 Å². The highest BCUT2D eigenvalue weighted by molar-refractivity contribution is 9.10. The topological polar surface area (TPSA) is 42.7 Å². The van der Waals surface area contributed by atoms with Crippen LogP contribution in [0.1, 0.15) is 38.4 Å². The second-order valence-electron chi connectivity index (χ2n) is 3.30. The summed E-state index contributed by atoms with van der Waals surface area (Å²) in [4.78, 5) is 0. The van der Waals surface area contributed by atoms with E-state index in [2.05, 4.69) is 45.4 Å². The third kappa shape index (κ3) is 2.54. The Labute approximate surface area is 93.2 Å². The van der Waals surface area contributed by atoms with E-state index in [1.807, 2.05) is 11.7 Å². The molecule has 80 valence electrons. The zero-order valence-corrected chi connectivity index (χ0v) is 10.5. The molecular weight excluding hydrogens is 244 g/mol. The normalized spacial score (nSPS) is 13.1. The molecule has 5 heteroatoms. The molecule has 1 heterocycles. The van der Waals surface area contributed by atoms with E-state index in [0.29, 0.717) is 6.04 Å². The third-order valence-corrected chi connectivity index (χ3v) is 2.77. The van der Waals surface area contributed by atoms with Crippen LogP contribution in [0.15, 0.2) is 4.60 Å². The number of aryl methyl sites for hydroxylation is 1. The molecule has 1 rings (SSSR count). The van der Waals surface area contributed by atoms with E-state index >= 15 is 0 Å². The van der Waals surface area contributed by atoms with Gasteiger partial charge in [-0.15, -0.1) is 5.10 Å². The third-order valence-electron chi connectivity index (χ3n) is 2.21. The summed E-state index contributed by atoms with van der Waals surface area (Å²) in [6.07, 6.45) is 2.18. The highest BCUT2D eigenvalue weighted by Gasteiger charge is 2.17. The maximum atomic E-state index is 3.98. The summed E-state index contributed by atoms with van der Waals surface area (Å²) in [5, 5.41) is 11.4. The molecule has 0 fully saturated rings. The molecule has 1 aromatic heterocycles. The van der Waals surface area contributed by atoms with Crippen LogP contribution >= 0.6 is 15.9 Å². The van der Waals surface area contributed by atoms with E-state index in [9.17, 15) is 0 Å². The van der Waals surface area contributed by atoms with Crippen LogP contribution in [0, 0.1) is 0 Å². The van der Waals surface area contributed by atoms with Crippen molar-refractivity contribution in [2.24, 2.45) is 7.05 Å². The Hall–Kier alpha value is -0.420. The van der Waals surface area contributed by atoms with E-state index in [1.54, 1.807) is 0 Å². The second kappa shape index (κ2) is 5.46. The molecule has 14 heavy (non-hydrogen) atoms. The number of rotatable bonds is 5. The van der Waals surface area contributed by atoms with Gasteiger partial charge in [0.1, 0.15) is 0 Å². The second-order valence-corrected chi connectivity index (χ2v) is 4.06. The number of nitrogens with zero attached hydrogens (tertiary/aromatic N) is 3. The summed E-state index contributed by atoms with van der Waals surface area (Å²) >= 11 is 3.42. The molecule has 0 aliphatic rings. The summed E-state index contributed by atoms with van der Waals surface area (Å²) in [6, 6.07) is 0.337. The first-order chi connectivity index (χ1) is 6.70. The van der Waals surface area contributed by atoms with Crippen LogP contribution in [0.25, 0.3) is 0 Å². The highest BCUT2D eigenvalue weighted by atomic mass is 79.9. The molecule has 1 atom stereocenters. The quantitative estimate of drug-likeness (QED) is 0.881. The van der Waals surface area contributed by atoms with E-state index in [-0.39, 0.29) is 0 Å². The number of nitrogens with one attached hydrogen (secondary N) is 1. The van der Waals surface area contributed by atoms with Gasteiger partial charge < -0.3 is 5.32 Å². The fraction of sp³-hybridized carbons (Fsp3) is 0.778. The Balaban J connectivity index is 2.77. The zero-order valence-electron chi connectivity index (χ0n) is 8.92. The molecule has 1 N–H and O–H groups in total. The van der Waals surface area contributed by atoms with Gasteiger partial charge in [0.25, 0.3) is 0 Å². The van der Waals surface area contributed by atoms with Crippen molar-refractivity contribution in [2.75, 3.05) is 6.54 Å². The Morgan fingerprint density at radius 3 is 2.64 bits per heavy atom. The standard InChI is InChI=1S/C9H17BrN4/c1-4-6-11-7(5-2)8-9(10)12-13-14(8)3/h7,11H,4-6H2,1-3H3. The Bertz CT molecular complexity index is 265. The SMILES string of the molecule is CCCNC(CC)c1c(Br)nnn1C. The van der Waals surface area contributed by atoms with E-state index < -0.39 is 0 Å². The van der Waals surface area contributed by atoms with Crippen LogP contribution in [0.4, 0.5) is 0 Å². The first-order valence-corrected chi connectivity index (χ1v) is 5.78. The number of halogens is 1. The number of hydrogen-bond donors (Lipinski definition) is 1. The van der Waals surface area contributed by atoms with Gasteiger partial charge in [0, 0.05) is 7.05 Å². The summed E-state index contributed by atoms with van der Waals surface area (Å²) < 4.78 is 2.66. The predicted octanol–water partition coefficient (Wildman–Crippen LogP) is 2.03. The monoisotopic (exact) mass is 260 g/mol. The predicted molar refractivity (Wildman–Crippen MR) is 60.0 cm³/mol. The maximum absolute atomic E-state index is 3.98. The smallest absolute Gasteiger partial charge is 0.153 e. The molecule has 0 aromatic carbocycles. The molecule has 0 saturated carbocycles. The van der Waals surface area contributed by atoms with Gasteiger partial charge in [-0.25, -0.2) is 4.68 Å². The molecule has 0 aliphatic heterocycles. The zero-order chi connectivity index (χ0) is 10.6. The van der Waals surface area contributed by atoms with Gasteiger partial charge in [0.15, 0.2) is 4.60 Å². The summed E-state index contributed by atoms with van der Waals surface area (Å²) in [6.45, 7) is 5.35. The van der Waals surface area contributed by atoms with Gasteiger partial charge in [-0.2, -0.15) is 0 Å². The van der Waals surface area contributed by atoms with Crippen LogP contribution in [0.3, 0.4) is 0 Å². The lowest BCUT2D eigenvalue weighted by Gasteiger charge is -2.16. The lowest BCUT2D eigenvalue weighted by Crippen LogP contribution is -2.23. The molecule has 1 unspecified atom stereocenters. The summed E-state index contributed by atoms with van der Waals surface area (Å²) in [5.74, 6) is 0. The lowest BCUT2D eigenvalue weighted by atomic mass is 10.1. The maximum Gasteiger partial charge on any atom is 0.153 e. The van der Waals surface area contributed by atoms with Crippen molar-refractivity contribution in [1.82, 2.24) is 20.3 Å². The van der Waals surface area contributed by atoms with Gasteiger partial charge in [0.05, 0.1) is 11.7 Å². The Morgan fingerprint density at radius 2 is 2.21 bits per heavy atom. The molecule has 1 aromatic rings. The molecule has 0 radical (unpaired) electrons. The van der Waals surface area contributed by atoms with Gasteiger partial charge in [-0.05, 0) is 35.3 Å². The van der Waals surface area contributed by atoms with Gasteiger partial charge in [-0.1, -0.05) is 19.1 Å². The first kappa shape index (κ1) is 11.7. The average Bonchev–Trinajstić information content (AvgIpc) is 2.50. The lowest BCUT2D eigenvalue weighted by molar-refractivity contribution is 0.481. The first-order valence-electron chi connectivity index (χ1n) is 4.99. The van der Waals surface area contributed by atoms with Crippen molar-refractivity contribution in [1.29, 1.82) is 0 Å². The van der Waals surface area contributed by atoms with E-state index in [4.69, 9.17) is 0 Å². The minimum Gasteiger partial charge on any atom is -0.309 e. The average molecular weight is 261 g/mol. The number of aromatic nitrogens is 3. The molecule has 0 aliphatic carbocycles. The van der Waals surface area contributed by atoms with Gasteiger partial charge in [-0.3, -0.25) is 0 Å². The molecule has 0 spiro atoms. The molecule has 0 saturated heterocycles. The van der Waals surface area contributed by atoms with Crippen LogP contribution in [0.2, 0.25) is 0 Å². The van der Waals surface area contributed by atoms with E-state index in [1.165, 1.54) is 0 Å². The fourth-order valence-electron chi connectivity index (χ4n) is 1.46. The van der Waals surface area contributed by atoms with Crippen molar-refractivity contribution in [3.8, 4) is 0 Å². The van der Waals surface area contributed by atoms with Crippen molar-refractivity contribution in [3.05, 3.63) is 10.3 Å². The molecule has 4 nitrogen and oxygen atoms in total. The fourth-order valence-corrected chi connectivity index (χ4v) is 2.07. The molecular formula is C9H17BrN4. The van der Waals surface area contributed by atoms with Gasteiger partial charge in [0.2, 0.25) is 0 Å². The number of hydrogen-bond acceptors (Lipinski definition) is 3. The largest absolute Gasteiger partial charge is 0.309 e. The summed E-state index contributed by atoms with van der Waals surface area (Å²) in [7, 11) is 1.92. The Kier molecular flexibility index (Phi) is 4.54. The molecule has 0 amide bonds. The van der Waals surface area contributed by atoms with Crippen LogP contribution in [-0.4, -0.2) is 21.5 Å². The van der Waals surface area contributed by atoms with Crippen LogP contribution in [0.5, 0.6) is 0 Å². The summed E-state index contributed by atoms with van der Waals surface area (Å²) in [5.41, 5.74) is 1.13. The van der Waals surface area contributed by atoms with Gasteiger partial charge >= 0.3 is 0 Å². The minimum absolute atomic E-state index is 0.337. The Morgan fingerprint density at radius 1 is 1.50 bits per heavy atom. The van der Waals surface area contributed by atoms with E-state index in [0.717, 1.165) is 29.7 Å². The molecule has 0 bridgehead atoms. The van der Waals surface area contributed by atoms with Crippen molar-refractivity contribution >= 4 is 15.9 Å². The van der Waals surface area contributed by atoms with Crippen molar-refractivity contribution in [2.45, 2.75) is 32.7 Å².